The molecule has 0 aromatic heterocycles. The Balaban J connectivity index is 1.84. The van der Waals surface area contributed by atoms with Crippen molar-refractivity contribution in [2.75, 3.05) is 30.5 Å². The average Bonchev–Trinajstić information content (AvgIpc) is 3.33. The molecule has 0 bridgehead atoms. The first-order chi connectivity index (χ1) is 12.6. The van der Waals surface area contributed by atoms with Crippen molar-refractivity contribution in [1.82, 2.24) is 0 Å². The van der Waals surface area contributed by atoms with E-state index in [9.17, 15) is 9.59 Å². The van der Waals surface area contributed by atoms with Crippen LogP contribution in [0.3, 0.4) is 0 Å². The van der Waals surface area contributed by atoms with Crippen LogP contribution in [0.15, 0.2) is 12.1 Å². The number of hydrogen-bond acceptors (Lipinski definition) is 5. The number of ether oxygens (including phenoxy) is 3. The number of hydrogen-bond donors (Lipinski definition) is 2. The van der Waals surface area contributed by atoms with Gasteiger partial charge in [-0.1, -0.05) is 0 Å². The Hall–Kier alpha value is -2.28. The number of rotatable bonds is 8. The number of anilines is 2. The summed E-state index contributed by atoms with van der Waals surface area (Å²) in [5.41, 5.74) is 1.07. The van der Waals surface area contributed by atoms with Crippen LogP contribution in [0.25, 0.3) is 0 Å². The van der Waals surface area contributed by atoms with E-state index in [0.29, 0.717) is 49.1 Å². The number of amides is 2. The lowest BCUT2D eigenvalue weighted by Gasteiger charge is -2.18. The zero-order valence-corrected chi connectivity index (χ0v) is 15.3. The smallest absolute Gasteiger partial charge is 0.253 e. The standard InChI is InChI=1S/C19H26N2O5/c1-3-24-16-11-14(21-19(23)15-6-5-9-26-15)17(25-4-2)10-13(16)20-18(22)12-7-8-12/h10-12,15H,3-9H2,1-2H3,(H,20,22)(H,21,23)/t15-/m0/s1. The van der Waals surface area contributed by atoms with Crippen LogP contribution in [0.2, 0.25) is 0 Å². The fraction of sp³-hybridized carbons (Fsp3) is 0.579. The molecular formula is C19H26N2O5. The second-order valence-corrected chi connectivity index (χ2v) is 6.46. The predicted octanol–water partition coefficient (Wildman–Crippen LogP) is 2.95. The molecule has 2 N–H and O–H groups in total. The molecule has 0 spiro atoms. The van der Waals surface area contributed by atoms with Gasteiger partial charge in [0.25, 0.3) is 5.91 Å². The summed E-state index contributed by atoms with van der Waals surface area (Å²) in [5, 5.41) is 5.78. The first-order valence-electron chi connectivity index (χ1n) is 9.29. The molecule has 1 heterocycles. The van der Waals surface area contributed by atoms with Crippen LogP contribution in [0.4, 0.5) is 11.4 Å². The number of carbonyl (C=O) groups is 2. The fourth-order valence-corrected chi connectivity index (χ4v) is 2.88. The molecule has 142 valence electrons. The maximum Gasteiger partial charge on any atom is 0.253 e. The highest BCUT2D eigenvalue weighted by Gasteiger charge is 2.31. The first kappa shape index (κ1) is 18.5. The monoisotopic (exact) mass is 362 g/mol. The van der Waals surface area contributed by atoms with Crippen molar-refractivity contribution in [1.29, 1.82) is 0 Å². The molecular weight excluding hydrogens is 336 g/mol. The van der Waals surface area contributed by atoms with Crippen LogP contribution in [0.5, 0.6) is 11.5 Å². The van der Waals surface area contributed by atoms with E-state index in [1.165, 1.54) is 0 Å². The molecule has 1 aliphatic carbocycles. The van der Waals surface area contributed by atoms with Gasteiger partial charge in [0.15, 0.2) is 0 Å². The van der Waals surface area contributed by atoms with Crippen LogP contribution in [0.1, 0.15) is 39.5 Å². The molecule has 2 fully saturated rings. The topological polar surface area (TPSA) is 85.9 Å². The van der Waals surface area contributed by atoms with Gasteiger partial charge < -0.3 is 24.8 Å². The van der Waals surface area contributed by atoms with Gasteiger partial charge >= 0.3 is 0 Å². The third-order valence-corrected chi connectivity index (χ3v) is 4.37. The second-order valence-electron chi connectivity index (χ2n) is 6.46. The number of nitrogens with one attached hydrogen (secondary N) is 2. The highest BCUT2D eigenvalue weighted by atomic mass is 16.5. The van der Waals surface area contributed by atoms with E-state index in [0.717, 1.165) is 19.3 Å². The third-order valence-electron chi connectivity index (χ3n) is 4.37. The fourth-order valence-electron chi connectivity index (χ4n) is 2.88. The molecule has 7 nitrogen and oxygen atoms in total. The summed E-state index contributed by atoms with van der Waals surface area (Å²) in [4.78, 5) is 24.5. The summed E-state index contributed by atoms with van der Waals surface area (Å²) < 4.78 is 16.8. The molecule has 1 aromatic rings. The molecule has 2 aliphatic rings. The summed E-state index contributed by atoms with van der Waals surface area (Å²) in [6.45, 7) is 5.22. The minimum absolute atomic E-state index is 0.00968. The Morgan fingerprint density at radius 1 is 1.00 bits per heavy atom. The number of carbonyl (C=O) groups excluding carboxylic acids is 2. The van der Waals surface area contributed by atoms with Crippen LogP contribution in [-0.4, -0.2) is 37.7 Å². The Morgan fingerprint density at radius 2 is 1.58 bits per heavy atom. The van der Waals surface area contributed by atoms with Gasteiger partial charge in [-0.15, -0.1) is 0 Å². The Morgan fingerprint density at radius 3 is 2.04 bits per heavy atom. The van der Waals surface area contributed by atoms with Crippen molar-refractivity contribution in [3.8, 4) is 11.5 Å². The van der Waals surface area contributed by atoms with Gasteiger partial charge in [-0.05, 0) is 39.5 Å². The largest absolute Gasteiger partial charge is 0.492 e. The van der Waals surface area contributed by atoms with Gasteiger partial charge in [-0.3, -0.25) is 9.59 Å². The van der Waals surface area contributed by atoms with Gasteiger partial charge in [0.05, 0.1) is 24.6 Å². The lowest BCUT2D eigenvalue weighted by molar-refractivity contribution is -0.124. The average molecular weight is 362 g/mol. The predicted molar refractivity (Wildman–Crippen MR) is 97.7 cm³/mol. The van der Waals surface area contributed by atoms with Gasteiger partial charge in [-0.25, -0.2) is 0 Å². The summed E-state index contributed by atoms with van der Waals surface area (Å²) in [5.74, 6) is 0.880. The van der Waals surface area contributed by atoms with Crippen LogP contribution < -0.4 is 20.1 Å². The van der Waals surface area contributed by atoms with Gasteiger partial charge in [-0.2, -0.15) is 0 Å². The van der Waals surface area contributed by atoms with Crippen LogP contribution in [0, 0.1) is 5.92 Å². The SMILES string of the molecule is CCOc1cc(NC(=O)[C@@H]2CCCO2)c(OCC)cc1NC(=O)C1CC1. The summed E-state index contributed by atoms with van der Waals surface area (Å²) in [6, 6.07) is 3.41. The van der Waals surface area contributed by atoms with Crippen molar-refractivity contribution in [3.05, 3.63) is 12.1 Å². The van der Waals surface area contributed by atoms with E-state index < -0.39 is 6.10 Å². The summed E-state index contributed by atoms with van der Waals surface area (Å²) >= 11 is 0. The van der Waals surface area contributed by atoms with Crippen molar-refractivity contribution in [3.63, 3.8) is 0 Å². The highest BCUT2D eigenvalue weighted by molar-refractivity contribution is 5.99. The molecule has 1 atom stereocenters. The molecule has 0 unspecified atom stereocenters. The van der Waals surface area contributed by atoms with E-state index in [-0.39, 0.29) is 17.7 Å². The van der Waals surface area contributed by atoms with Gasteiger partial charge in [0.1, 0.15) is 17.6 Å². The normalized spacial score (nSPS) is 19.1. The number of benzene rings is 1. The molecule has 0 radical (unpaired) electrons. The minimum atomic E-state index is -0.436. The zero-order valence-electron chi connectivity index (χ0n) is 15.3. The Bertz CT molecular complexity index is 666. The van der Waals surface area contributed by atoms with Crippen molar-refractivity contribution in [2.45, 2.75) is 45.6 Å². The van der Waals surface area contributed by atoms with Gasteiger partial charge in [0, 0.05) is 24.7 Å². The first-order valence-corrected chi connectivity index (χ1v) is 9.29. The zero-order chi connectivity index (χ0) is 18.5. The van der Waals surface area contributed by atoms with E-state index >= 15 is 0 Å². The van der Waals surface area contributed by atoms with Crippen molar-refractivity contribution in [2.24, 2.45) is 5.92 Å². The maximum atomic E-state index is 12.4. The molecule has 7 heteroatoms. The lowest BCUT2D eigenvalue weighted by atomic mass is 10.2. The van der Waals surface area contributed by atoms with E-state index in [4.69, 9.17) is 14.2 Å². The third kappa shape index (κ3) is 4.46. The molecule has 1 aromatic carbocycles. The second kappa shape index (κ2) is 8.40. The van der Waals surface area contributed by atoms with Crippen molar-refractivity contribution < 1.29 is 23.8 Å². The molecule has 3 rings (SSSR count). The van der Waals surface area contributed by atoms with Gasteiger partial charge in [0.2, 0.25) is 5.91 Å². The molecule has 26 heavy (non-hydrogen) atoms. The highest BCUT2D eigenvalue weighted by Crippen LogP contribution is 2.39. The summed E-state index contributed by atoms with van der Waals surface area (Å²) in [7, 11) is 0. The molecule has 2 amide bonds. The molecule has 1 aliphatic heterocycles. The molecule has 1 saturated carbocycles. The minimum Gasteiger partial charge on any atom is -0.492 e. The van der Waals surface area contributed by atoms with E-state index in [1.54, 1.807) is 12.1 Å². The van der Waals surface area contributed by atoms with E-state index in [1.807, 2.05) is 13.8 Å². The van der Waals surface area contributed by atoms with Crippen molar-refractivity contribution >= 4 is 23.2 Å². The lowest BCUT2D eigenvalue weighted by Crippen LogP contribution is -2.27. The summed E-state index contributed by atoms with van der Waals surface area (Å²) in [6.07, 6.45) is 3.00. The Kier molecular flexibility index (Phi) is 5.98. The quantitative estimate of drug-likeness (QED) is 0.743. The Labute approximate surface area is 153 Å². The molecule has 1 saturated heterocycles. The van der Waals surface area contributed by atoms with Crippen LogP contribution >= 0.6 is 0 Å². The van der Waals surface area contributed by atoms with Crippen LogP contribution in [-0.2, 0) is 14.3 Å². The maximum absolute atomic E-state index is 12.4. The van der Waals surface area contributed by atoms with E-state index in [2.05, 4.69) is 10.6 Å².